The SMILES string of the molecule is [Ce+3].[K+].[O-2].[O-2]. The quantitative estimate of drug-likeness (QED) is 0.378. The molecule has 2 nitrogen and oxygen atoms in total. The van der Waals surface area contributed by atoms with Crippen molar-refractivity contribution in [1.29, 1.82) is 0 Å². The Labute approximate surface area is 101 Å². The van der Waals surface area contributed by atoms with E-state index < -0.39 is 0 Å². The van der Waals surface area contributed by atoms with E-state index in [4.69, 9.17) is 0 Å². The summed E-state index contributed by atoms with van der Waals surface area (Å²) in [6.07, 6.45) is 0. The van der Waals surface area contributed by atoms with Crippen molar-refractivity contribution in [3.8, 4) is 0 Å². The first-order valence-electron chi connectivity index (χ1n) is 0. The van der Waals surface area contributed by atoms with Gasteiger partial charge in [-0.15, -0.1) is 0 Å². The second-order valence-electron chi connectivity index (χ2n) is 0. The van der Waals surface area contributed by atoms with E-state index in [1.54, 1.807) is 0 Å². The molecule has 0 atom stereocenters. The third-order valence-electron chi connectivity index (χ3n) is 0. The second kappa shape index (κ2) is 16.8. The number of hydrogen-bond donors (Lipinski definition) is 0. The minimum absolute atomic E-state index is 0. The van der Waals surface area contributed by atoms with E-state index in [2.05, 4.69) is 0 Å². The van der Waals surface area contributed by atoms with E-state index in [-0.39, 0.29) is 104 Å². The molecule has 1 radical (unpaired) electrons. The van der Waals surface area contributed by atoms with Gasteiger partial charge in [-0.2, -0.15) is 0 Å². The fourth-order valence-electron chi connectivity index (χ4n) is 0. The van der Waals surface area contributed by atoms with E-state index in [1.165, 1.54) is 0 Å². The van der Waals surface area contributed by atoms with Crippen LogP contribution in [0.2, 0.25) is 0 Å². The summed E-state index contributed by atoms with van der Waals surface area (Å²) in [5, 5.41) is 0. The minimum atomic E-state index is 0. The van der Waals surface area contributed by atoms with Gasteiger partial charge in [-0.3, -0.25) is 0 Å². The van der Waals surface area contributed by atoms with Crippen LogP contribution in [0.5, 0.6) is 0 Å². The molecular weight excluding hydrogens is 211 g/mol. The van der Waals surface area contributed by atoms with E-state index >= 15 is 0 Å². The topological polar surface area (TPSA) is 57.0 Å². The van der Waals surface area contributed by atoms with Gasteiger partial charge in [0.15, 0.2) is 0 Å². The summed E-state index contributed by atoms with van der Waals surface area (Å²) in [6.45, 7) is 0. The monoisotopic (exact) mass is 211 g/mol. The zero-order chi connectivity index (χ0) is 0. The predicted octanol–water partition coefficient (Wildman–Crippen LogP) is -3.23. The van der Waals surface area contributed by atoms with Gasteiger partial charge in [0.25, 0.3) is 0 Å². The summed E-state index contributed by atoms with van der Waals surface area (Å²) in [5.74, 6) is 0. The standard InChI is InChI=1S/Ce.K.2O/q+3;+1;2*-2. The van der Waals surface area contributed by atoms with Gasteiger partial charge in [0, 0.05) is 0 Å². The molecule has 0 N–H and O–H groups in total. The fourth-order valence-corrected chi connectivity index (χ4v) is 0. The molecule has 0 saturated carbocycles. The average molecular weight is 211 g/mol. The second-order valence-corrected chi connectivity index (χ2v) is 0. The van der Waals surface area contributed by atoms with E-state index in [0.717, 1.165) is 0 Å². The van der Waals surface area contributed by atoms with E-state index in [0.29, 0.717) is 0 Å². The summed E-state index contributed by atoms with van der Waals surface area (Å²) >= 11 is 0. The molecular formula is CeKO2. The van der Waals surface area contributed by atoms with Gasteiger partial charge in [0.1, 0.15) is 0 Å². The Morgan fingerprint density at radius 2 is 0.750 bits per heavy atom. The van der Waals surface area contributed by atoms with Crippen molar-refractivity contribution in [2.45, 2.75) is 0 Å². The van der Waals surface area contributed by atoms with Crippen LogP contribution in [-0.2, 0) is 11.0 Å². The Bertz CT molecular complexity index is 6.00. The molecule has 0 aliphatic rings. The summed E-state index contributed by atoms with van der Waals surface area (Å²) in [7, 11) is 0. The molecule has 0 aliphatic carbocycles. The third-order valence-corrected chi connectivity index (χ3v) is 0. The summed E-state index contributed by atoms with van der Waals surface area (Å²) < 4.78 is 0. The molecule has 0 saturated heterocycles. The van der Waals surface area contributed by atoms with Crippen LogP contribution < -0.4 is 51.4 Å². The first kappa shape index (κ1) is 28.4. The molecule has 4 heteroatoms. The Morgan fingerprint density at radius 1 is 0.750 bits per heavy atom. The molecule has 0 heterocycles. The average Bonchev–Trinajstić information content (AvgIpc) is 0. The van der Waals surface area contributed by atoms with Crippen LogP contribution in [0.1, 0.15) is 0 Å². The Morgan fingerprint density at radius 3 is 0.750 bits per heavy atom. The van der Waals surface area contributed by atoms with E-state index in [1.807, 2.05) is 0 Å². The molecule has 0 bridgehead atoms. The van der Waals surface area contributed by atoms with Crippen molar-refractivity contribution in [3.63, 3.8) is 0 Å². The Balaban J connectivity index is 0. The van der Waals surface area contributed by atoms with Gasteiger partial charge in [-0.1, -0.05) is 0 Å². The Kier molecular flexibility index (Phi) is 119. The van der Waals surface area contributed by atoms with Crippen molar-refractivity contribution < 1.29 is 104 Å². The van der Waals surface area contributed by atoms with Gasteiger partial charge in [0.2, 0.25) is 0 Å². The van der Waals surface area contributed by atoms with Crippen LogP contribution in [0.3, 0.4) is 0 Å². The molecule has 0 amide bonds. The predicted molar refractivity (Wildman–Crippen MR) is 1.37 cm³/mol. The first-order valence-corrected chi connectivity index (χ1v) is 0. The van der Waals surface area contributed by atoms with Crippen molar-refractivity contribution >= 4 is 0 Å². The molecule has 0 rings (SSSR count). The smallest absolute Gasteiger partial charge is 2.00 e. The van der Waals surface area contributed by atoms with Gasteiger partial charge < -0.3 is 11.0 Å². The zero-order valence-electron chi connectivity index (χ0n) is 2.32. The van der Waals surface area contributed by atoms with E-state index in [9.17, 15) is 0 Å². The molecule has 17 valence electrons. The van der Waals surface area contributed by atoms with Gasteiger partial charge in [0.05, 0.1) is 0 Å². The van der Waals surface area contributed by atoms with Gasteiger partial charge in [-0.05, 0) is 0 Å². The van der Waals surface area contributed by atoms with Crippen LogP contribution in [-0.4, -0.2) is 0 Å². The maximum atomic E-state index is 0. The normalized spacial score (nSPS) is 0. The summed E-state index contributed by atoms with van der Waals surface area (Å²) in [6, 6.07) is 0. The molecule has 0 unspecified atom stereocenters. The molecule has 0 fully saturated rings. The zero-order valence-corrected chi connectivity index (χ0v) is 8.58. The third kappa shape index (κ3) is 8.87. The molecule has 0 aliphatic heterocycles. The van der Waals surface area contributed by atoms with Crippen LogP contribution in [0.4, 0.5) is 0 Å². The van der Waals surface area contributed by atoms with Crippen molar-refractivity contribution in [2.75, 3.05) is 0 Å². The number of rotatable bonds is 0. The van der Waals surface area contributed by atoms with Gasteiger partial charge >= 0.3 is 93.1 Å². The summed E-state index contributed by atoms with van der Waals surface area (Å²) in [5.41, 5.74) is 0. The molecule has 4 heavy (non-hydrogen) atoms. The van der Waals surface area contributed by atoms with Crippen LogP contribution in [0.25, 0.3) is 0 Å². The van der Waals surface area contributed by atoms with Crippen LogP contribution in [0, 0.1) is 41.7 Å². The molecule has 0 aromatic carbocycles. The molecule has 0 aromatic heterocycles. The van der Waals surface area contributed by atoms with Crippen molar-refractivity contribution in [1.82, 2.24) is 0 Å². The molecule has 0 aromatic rings. The summed E-state index contributed by atoms with van der Waals surface area (Å²) in [4.78, 5) is 0. The maximum absolute atomic E-state index is 0. The van der Waals surface area contributed by atoms with Crippen LogP contribution in [0.15, 0.2) is 0 Å². The van der Waals surface area contributed by atoms with Crippen molar-refractivity contribution in [2.24, 2.45) is 0 Å². The van der Waals surface area contributed by atoms with Crippen molar-refractivity contribution in [3.05, 3.63) is 0 Å². The fraction of sp³-hybridized carbons (Fsp3) is 0. The number of hydrogen-bond acceptors (Lipinski definition) is 0. The molecule has 0 spiro atoms. The minimum Gasteiger partial charge on any atom is -2.00 e. The maximum Gasteiger partial charge on any atom is 3.00 e. The largest absolute Gasteiger partial charge is 3.00 e. The Hall–Kier alpha value is 2.93. The first-order chi connectivity index (χ1) is 0. The van der Waals surface area contributed by atoms with Gasteiger partial charge in [-0.25, -0.2) is 0 Å². The van der Waals surface area contributed by atoms with Crippen LogP contribution >= 0.6 is 0 Å².